The van der Waals surface area contributed by atoms with E-state index < -0.39 is 0 Å². The molecule has 1 aromatic heterocycles. The summed E-state index contributed by atoms with van der Waals surface area (Å²) in [4.78, 5) is 26.7. The molecule has 0 atom stereocenters. The Labute approximate surface area is 164 Å². The monoisotopic (exact) mass is 374 g/mol. The zero-order chi connectivity index (χ0) is 19.3. The first-order valence-corrected chi connectivity index (χ1v) is 9.53. The number of nitrogens with zero attached hydrogens (tertiary/aromatic N) is 1. The molecule has 2 aromatic carbocycles. The number of anilines is 2. The smallest absolute Gasteiger partial charge is 0.293 e. The van der Waals surface area contributed by atoms with Crippen LogP contribution in [0.15, 0.2) is 71.3 Å². The van der Waals surface area contributed by atoms with E-state index in [1.165, 1.54) is 6.26 Å². The molecule has 5 nitrogen and oxygen atoms in total. The van der Waals surface area contributed by atoms with Crippen LogP contribution in [0.2, 0.25) is 0 Å². The lowest BCUT2D eigenvalue weighted by atomic mass is 10.0. The molecule has 0 saturated carbocycles. The number of benzene rings is 2. The highest BCUT2D eigenvalue weighted by atomic mass is 16.3. The molecule has 2 heterocycles. The van der Waals surface area contributed by atoms with Crippen LogP contribution in [-0.4, -0.2) is 18.4 Å². The summed E-state index contributed by atoms with van der Waals surface area (Å²) < 4.78 is 5.26. The maximum atomic E-state index is 12.7. The van der Waals surface area contributed by atoms with E-state index in [1.54, 1.807) is 17.0 Å². The van der Waals surface area contributed by atoms with Gasteiger partial charge in [-0.25, -0.2) is 0 Å². The van der Waals surface area contributed by atoms with Gasteiger partial charge in [-0.15, -0.1) is 0 Å². The maximum absolute atomic E-state index is 12.7. The Morgan fingerprint density at radius 1 is 1.04 bits per heavy atom. The highest BCUT2D eigenvalue weighted by Gasteiger charge is 2.25. The van der Waals surface area contributed by atoms with E-state index in [4.69, 9.17) is 4.42 Å². The molecule has 0 bridgehead atoms. The predicted molar refractivity (Wildman–Crippen MR) is 109 cm³/mol. The minimum atomic E-state index is -0.134. The summed E-state index contributed by atoms with van der Waals surface area (Å²) in [5.41, 5.74) is 3.86. The zero-order valence-corrected chi connectivity index (χ0v) is 15.6. The average Bonchev–Trinajstić information content (AvgIpc) is 3.27. The molecular weight excluding hydrogens is 352 g/mol. The van der Waals surface area contributed by atoms with Crippen LogP contribution >= 0.6 is 0 Å². The lowest BCUT2D eigenvalue weighted by Crippen LogP contribution is -2.35. The first-order chi connectivity index (χ1) is 13.7. The van der Waals surface area contributed by atoms with Crippen LogP contribution in [0.1, 0.15) is 34.5 Å². The van der Waals surface area contributed by atoms with Gasteiger partial charge in [0.1, 0.15) is 0 Å². The van der Waals surface area contributed by atoms with Gasteiger partial charge in [-0.05, 0) is 60.7 Å². The van der Waals surface area contributed by atoms with Crippen LogP contribution in [0.3, 0.4) is 0 Å². The molecule has 5 heteroatoms. The van der Waals surface area contributed by atoms with Crippen molar-refractivity contribution in [3.05, 3.63) is 83.8 Å². The molecular formula is C23H22N2O3. The summed E-state index contributed by atoms with van der Waals surface area (Å²) in [7, 11) is 0. The van der Waals surface area contributed by atoms with Gasteiger partial charge in [0.15, 0.2) is 5.76 Å². The minimum Gasteiger partial charge on any atom is -0.459 e. The molecule has 28 heavy (non-hydrogen) atoms. The Hall–Kier alpha value is -3.34. The van der Waals surface area contributed by atoms with Gasteiger partial charge in [-0.3, -0.25) is 9.59 Å². The Kier molecular flexibility index (Phi) is 5.24. The number of nitrogens with one attached hydrogen (secondary N) is 1. The predicted octanol–water partition coefficient (Wildman–Crippen LogP) is 4.44. The molecule has 0 aliphatic carbocycles. The van der Waals surface area contributed by atoms with Crippen LogP contribution in [0, 0.1) is 0 Å². The van der Waals surface area contributed by atoms with Gasteiger partial charge in [0, 0.05) is 24.3 Å². The van der Waals surface area contributed by atoms with E-state index in [2.05, 4.69) is 5.32 Å². The largest absolute Gasteiger partial charge is 0.459 e. The maximum Gasteiger partial charge on any atom is 0.293 e. The van der Waals surface area contributed by atoms with Crippen LogP contribution in [-0.2, 0) is 17.6 Å². The van der Waals surface area contributed by atoms with Gasteiger partial charge in [-0.2, -0.15) is 0 Å². The van der Waals surface area contributed by atoms with E-state index in [0.717, 1.165) is 35.3 Å². The SMILES string of the molecule is O=C(CCc1ccccc1)Nc1ccc2c(c1)CCCN2C(=O)c1ccco1. The summed E-state index contributed by atoms with van der Waals surface area (Å²) in [5.74, 6) is 0.194. The van der Waals surface area contributed by atoms with Crippen LogP contribution in [0.5, 0.6) is 0 Å². The first-order valence-electron chi connectivity index (χ1n) is 9.53. The van der Waals surface area contributed by atoms with Crippen molar-refractivity contribution in [2.75, 3.05) is 16.8 Å². The Bertz CT molecular complexity index is 965. The number of furan rings is 1. The average molecular weight is 374 g/mol. The number of fused-ring (bicyclic) bond motifs is 1. The molecule has 0 fully saturated rings. The fraction of sp³-hybridized carbons (Fsp3) is 0.217. The molecule has 4 rings (SSSR count). The molecule has 0 radical (unpaired) electrons. The summed E-state index contributed by atoms with van der Waals surface area (Å²) in [6.45, 7) is 0.662. The summed E-state index contributed by atoms with van der Waals surface area (Å²) in [6.07, 6.45) is 4.41. The third-order valence-electron chi connectivity index (χ3n) is 4.94. The quantitative estimate of drug-likeness (QED) is 0.718. The van der Waals surface area contributed by atoms with E-state index in [1.807, 2.05) is 48.5 Å². The molecule has 1 aliphatic heterocycles. The molecule has 142 valence electrons. The second-order valence-electron chi connectivity index (χ2n) is 6.91. The van der Waals surface area contributed by atoms with E-state index in [9.17, 15) is 9.59 Å². The van der Waals surface area contributed by atoms with Gasteiger partial charge in [0.25, 0.3) is 5.91 Å². The van der Waals surface area contributed by atoms with Gasteiger partial charge in [0.05, 0.1) is 6.26 Å². The number of hydrogen-bond donors (Lipinski definition) is 1. The Morgan fingerprint density at radius 3 is 2.68 bits per heavy atom. The number of carbonyl (C=O) groups excluding carboxylic acids is 2. The fourth-order valence-corrected chi connectivity index (χ4v) is 3.55. The molecule has 2 amide bonds. The van der Waals surface area contributed by atoms with Crippen molar-refractivity contribution in [3.63, 3.8) is 0 Å². The number of hydrogen-bond acceptors (Lipinski definition) is 3. The van der Waals surface area contributed by atoms with Crippen molar-refractivity contribution in [1.82, 2.24) is 0 Å². The molecule has 0 saturated heterocycles. The van der Waals surface area contributed by atoms with Crippen molar-refractivity contribution in [2.45, 2.75) is 25.7 Å². The number of amides is 2. The molecule has 0 unspecified atom stereocenters. The number of aryl methyl sites for hydroxylation is 2. The molecule has 1 N–H and O–H groups in total. The van der Waals surface area contributed by atoms with E-state index in [-0.39, 0.29) is 11.8 Å². The summed E-state index contributed by atoms with van der Waals surface area (Å²) in [5, 5.41) is 2.97. The standard InChI is InChI=1S/C23H22N2O3/c26-22(13-10-17-6-2-1-3-7-17)24-19-11-12-20-18(16-19)8-4-14-25(20)23(27)21-9-5-15-28-21/h1-3,5-7,9,11-12,15-16H,4,8,10,13-14H2,(H,24,26). The van der Waals surface area contributed by atoms with Crippen LogP contribution in [0.4, 0.5) is 11.4 Å². The minimum absolute atomic E-state index is 0.0110. The highest BCUT2D eigenvalue weighted by molar-refractivity contribution is 6.05. The first kappa shape index (κ1) is 18.0. The molecule has 0 spiro atoms. The highest BCUT2D eigenvalue weighted by Crippen LogP contribution is 2.31. The van der Waals surface area contributed by atoms with Crippen molar-refractivity contribution in [1.29, 1.82) is 0 Å². The lowest BCUT2D eigenvalue weighted by Gasteiger charge is -2.29. The second kappa shape index (κ2) is 8.13. The van der Waals surface area contributed by atoms with Gasteiger partial charge in [-0.1, -0.05) is 30.3 Å². The Balaban J connectivity index is 1.43. The van der Waals surface area contributed by atoms with Crippen LogP contribution in [0.25, 0.3) is 0 Å². The summed E-state index contributed by atoms with van der Waals surface area (Å²) in [6, 6.07) is 19.1. The van der Waals surface area contributed by atoms with Crippen molar-refractivity contribution >= 4 is 23.2 Å². The lowest BCUT2D eigenvalue weighted by molar-refractivity contribution is -0.116. The molecule has 3 aromatic rings. The van der Waals surface area contributed by atoms with E-state index >= 15 is 0 Å². The van der Waals surface area contributed by atoms with Crippen molar-refractivity contribution < 1.29 is 14.0 Å². The van der Waals surface area contributed by atoms with Crippen LogP contribution < -0.4 is 10.2 Å². The van der Waals surface area contributed by atoms with E-state index in [0.29, 0.717) is 25.1 Å². The molecule has 1 aliphatic rings. The van der Waals surface area contributed by atoms with Crippen molar-refractivity contribution in [2.24, 2.45) is 0 Å². The normalized spacial score (nSPS) is 13.1. The fourth-order valence-electron chi connectivity index (χ4n) is 3.55. The van der Waals surface area contributed by atoms with Gasteiger partial charge >= 0.3 is 0 Å². The topological polar surface area (TPSA) is 62.6 Å². The number of carbonyl (C=O) groups is 2. The van der Waals surface area contributed by atoms with Crippen molar-refractivity contribution in [3.8, 4) is 0 Å². The third kappa shape index (κ3) is 3.98. The third-order valence-corrected chi connectivity index (χ3v) is 4.94. The summed E-state index contributed by atoms with van der Waals surface area (Å²) >= 11 is 0. The van der Waals surface area contributed by atoms with Gasteiger partial charge in [0.2, 0.25) is 5.91 Å². The Morgan fingerprint density at radius 2 is 1.89 bits per heavy atom. The number of rotatable bonds is 5. The van der Waals surface area contributed by atoms with Gasteiger partial charge < -0.3 is 14.6 Å². The zero-order valence-electron chi connectivity index (χ0n) is 15.6. The second-order valence-corrected chi connectivity index (χ2v) is 6.91.